The van der Waals surface area contributed by atoms with E-state index in [0.717, 1.165) is 10.5 Å². The highest BCUT2D eigenvalue weighted by atomic mass is 16.6. The van der Waals surface area contributed by atoms with Gasteiger partial charge in [0, 0.05) is 13.6 Å². The molecule has 1 rings (SSSR count). The highest BCUT2D eigenvalue weighted by Crippen LogP contribution is 2.24. The van der Waals surface area contributed by atoms with Gasteiger partial charge < -0.3 is 30.1 Å². The first-order valence-electron chi connectivity index (χ1n) is 10.8. The highest BCUT2D eigenvalue weighted by Gasteiger charge is 2.34. The van der Waals surface area contributed by atoms with E-state index in [1.165, 1.54) is 7.05 Å². The Balaban J connectivity index is 3.07. The third-order valence-corrected chi connectivity index (χ3v) is 4.57. The number of likely N-dealkylation sites (N-methyl/N-ethyl adjacent to an activating group) is 1. The van der Waals surface area contributed by atoms with Crippen LogP contribution in [0.25, 0.3) is 0 Å². The van der Waals surface area contributed by atoms with Crippen LogP contribution < -0.4 is 10.6 Å². The molecule has 0 saturated carbocycles. The first-order chi connectivity index (χ1) is 15.4. The number of nitrogens with zero attached hydrogens (tertiary/aromatic N) is 1. The number of carbonyl (C=O) groups is 4. The largest absolute Gasteiger partial charge is 0.466 e. The van der Waals surface area contributed by atoms with Gasteiger partial charge in [0.25, 0.3) is 0 Å². The van der Waals surface area contributed by atoms with Crippen LogP contribution in [0.15, 0.2) is 24.3 Å². The number of ether oxygens (including phenoxy) is 2. The molecule has 0 heterocycles. The Hall–Kier alpha value is -3.14. The summed E-state index contributed by atoms with van der Waals surface area (Å²) in [4.78, 5) is 51.0. The van der Waals surface area contributed by atoms with Crippen LogP contribution in [0.2, 0.25) is 0 Å². The van der Waals surface area contributed by atoms with Gasteiger partial charge in [0.15, 0.2) is 0 Å². The summed E-state index contributed by atoms with van der Waals surface area (Å²) in [6, 6.07) is 4.68. The van der Waals surface area contributed by atoms with Crippen molar-refractivity contribution in [3.05, 3.63) is 35.4 Å². The van der Waals surface area contributed by atoms with Crippen molar-refractivity contribution in [3.8, 4) is 0 Å². The highest BCUT2D eigenvalue weighted by molar-refractivity contribution is 5.92. The van der Waals surface area contributed by atoms with E-state index in [1.807, 2.05) is 0 Å². The van der Waals surface area contributed by atoms with Crippen molar-refractivity contribution in [2.75, 3.05) is 26.8 Å². The molecule has 10 heteroatoms. The monoisotopic (exact) mass is 465 g/mol. The second kappa shape index (κ2) is 12.8. The zero-order valence-corrected chi connectivity index (χ0v) is 20.1. The van der Waals surface area contributed by atoms with E-state index in [-0.39, 0.29) is 19.6 Å². The minimum atomic E-state index is -1.32. The fraction of sp³-hybridized carbons (Fsp3) is 0.565. The Bertz CT molecular complexity index is 836. The molecule has 1 aromatic carbocycles. The Morgan fingerprint density at radius 3 is 2.33 bits per heavy atom. The van der Waals surface area contributed by atoms with E-state index in [4.69, 9.17) is 9.47 Å². The van der Waals surface area contributed by atoms with Crippen molar-refractivity contribution in [1.29, 1.82) is 0 Å². The lowest BCUT2D eigenvalue weighted by molar-refractivity contribution is -0.144. The minimum Gasteiger partial charge on any atom is -0.466 e. The first-order valence-corrected chi connectivity index (χ1v) is 10.8. The van der Waals surface area contributed by atoms with Gasteiger partial charge in [0.2, 0.25) is 11.8 Å². The van der Waals surface area contributed by atoms with Crippen molar-refractivity contribution in [2.24, 2.45) is 0 Å². The maximum absolute atomic E-state index is 13.1. The summed E-state index contributed by atoms with van der Waals surface area (Å²) in [5, 5.41) is 14.7. The van der Waals surface area contributed by atoms with Gasteiger partial charge in [-0.1, -0.05) is 24.3 Å². The second-order valence-corrected chi connectivity index (χ2v) is 8.44. The summed E-state index contributed by atoms with van der Waals surface area (Å²) < 4.78 is 10.0. The number of carbonyl (C=O) groups excluding carboxylic acids is 4. The number of hydrogen-bond acceptors (Lipinski definition) is 7. The number of rotatable bonds is 10. The maximum Gasteiger partial charge on any atom is 0.408 e. The van der Waals surface area contributed by atoms with Gasteiger partial charge in [0.1, 0.15) is 17.7 Å². The number of aryl methyl sites for hydroxylation is 1. The Kier molecular flexibility index (Phi) is 10.8. The molecule has 1 aromatic rings. The molecule has 0 bridgehead atoms. The lowest BCUT2D eigenvalue weighted by atomic mass is 9.98. The van der Waals surface area contributed by atoms with E-state index >= 15 is 0 Å². The number of amides is 3. The van der Waals surface area contributed by atoms with Gasteiger partial charge >= 0.3 is 12.1 Å². The standard InChI is InChI=1S/C23H35N3O7/c1-7-32-18(28)12-13-24-20(29)19(16-11-9-8-10-15(16)2)26(6)21(30)17(14-27)25-22(31)33-23(3,4)5/h8-11,17,19,27H,7,12-14H2,1-6H3,(H,24,29)(H,25,31). The summed E-state index contributed by atoms with van der Waals surface area (Å²) in [5.41, 5.74) is 0.543. The molecule has 0 fully saturated rings. The summed E-state index contributed by atoms with van der Waals surface area (Å²) >= 11 is 0. The molecular weight excluding hydrogens is 430 g/mol. The van der Waals surface area contributed by atoms with Crippen molar-refractivity contribution in [2.45, 2.75) is 58.7 Å². The Labute approximate surface area is 194 Å². The van der Waals surface area contributed by atoms with Crippen LogP contribution in [0.5, 0.6) is 0 Å². The average molecular weight is 466 g/mol. The van der Waals surface area contributed by atoms with Gasteiger partial charge in [-0.25, -0.2) is 4.79 Å². The van der Waals surface area contributed by atoms with E-state index in [2.05, 4.69) is 10.6 Å². The molecule has 0 saturated heterocycles. The predicted octanol–water partition coefficient (Wildman–Crippen LogP) is 1.45. The molecule has 2 atom stereocenters. The van der Waals surface area contributed by atoms with Crippen LogP contribution in [0, 0.1) is 6.92 Å². The second-order valence-electron chi connectivity index (χ2n) is 8.44. The van der Waals surface area contributed by atoms with Crippen molar-refractivity contribution < 1.29 is 33.8 Å². The molecule has 3 N–H and O–H groups in total. The molecule has 0 aliphatic heterocycles. The molecule has 184 valence electrons. The summed E-state index contributed by atoms with van der Waals surface area (Å²) in [5.74, 6) is -1.65. The Morgan fingerprint density at radius 2 is 1.79 bits per heavy atom. The molecule has 3 amide bonds. The van der Waals surface area contributed by atoms with Crippen LogP contribution in [-0.4, -0.2) is 72.3 Å². The van der Waals surface area contributed by atoms with Crippen LogP contribution >= 0.6 is 0 Å². The van der Waals surface area contributed by atoms with Crippen molar-refractivity contribution in [3.63, 3.8) is 0 Å². The normalized spacial score (nSPS) is 12.8. The van der Waals surface area contributed by atoms with Crippen LogP contribution in [0.1, 0.15) is 51.3 Å². The van der Waals surface area contributed by atoms with Gasteiger partial charge in [-0.2, -0.15) is 0 Å². The molecule has 33 heavy (non-hydrogen) atoms. The Morgan fingerprint density at radius 1 is 1.15 bits per heavy atom. The zero-order valence-electron chi connectivity index (χ0n) is 20.1. The van der Waals surface area contributed by atoms with E-state index < -0.39 is 48.2 Å². The van der Waals surface area contributed by atoms with Gasteiger partial charge in [0.05, 0.1) is 19.6 Å². The SMILES string of the molecule is CCOC(=O)CCNC(=O)C(c1ccccc1C)N(C)C(=O)C(CO)NC(=O)OC(C)(C)C. The van der Waals surface area contributed by atoms with Crippen LogP contribution in [0.3, 0.4) is 0 Å². The predicted molar refractivity (Wildman–Crippen MR) is 121 cm³/mol. The molecule has 0 spiro atoms. The number of hydrogen-bond donors (Lipinski definition) is 3. The van der Waals surface area contributed by atoms with E-state index in [0.29, 0.717) is 5.56 Å². The van der Waals surface area contributed by atoms with Crippen LogP contribution in [0.4, 0.5) is 4.79 Å². The quantitative estimate of drug-likeness (QED) is 0.445. The average Bonchev–Trinajstić information content (AvgIpc) is 2.72. The number of alkyl carbamates (subject to hydrolysis) is 1. The lowest BCUT2D eigenvalue weighted by Crippen LogP contribution is -2.53. The number of benzene rings is 1. The lowest BCUT2D eigenvalue weighted by Gasteiger charge is -2.31. The van der Waals surface area contributed by atoms with Gasteiger partial charge in [-0.3, -0.25) is 14.4 Å². The van der Waals surface area contributed by atoms with Gasteiger partial charge in [-0.05, 0) is 45.7 Å². The third-order valence-electron chi connectivity index (χ3n) is 4.57. The zero-order chi connectivity index (χ0) is 25.2. The molecule has 0 aliphatic rings. The fourth-order valence-electron chi connectivity index (χ4n) is 3.05. The molecule has 0 aromatic heterocycles. The van der Waals surface area contributed by atoms with E-state index in [1.54, 1.807) is 58.9 Å². The van der Waals surface area contributed by atoms with Crippen molar-refractivity contribution in [1.82, 2.24) is 15.5 Å². The topological polar surface area (TPSA) is 134 Å². The number of esters is 1. The number of nitrogens with one attached hydrogen (secondary N) is 2. The smallest absolute Gasteiger partial charge is 0.408 e. The number of aliphatic hydroxyl groups is 1. The molecule has 10 nitrogen and oxygen atoms in total. The summed E-state index contributed by atoms with van der Waals surface area (Å²) in [6.45, 7) is 8.08. The summed E-state index contributed by atoms with van der Waals surface area (Å²) in [7, 11) is 1.41. The van der Waals surface area contributed by atoms with Gasteiger partial charge in [-0.15, -0.1) is 0 Å². The molecular formula is C23H35N3O7. The maximum atomic E-state index is 13.1. The van der Waals surface area contributed by atoms with Crippen molar-refractivity contribution >= 4 is 23.9 Å². The molecule has 2 unspecified atom stereocenters. The van der Waals surface area contributed by atoms with E-state index in [9.17, 15) is 24.3 Å². The van der Waals surface area contributed by atoms with Crippen LogP contribution in [-0.2, 0) is 23.9 Å². The first kappa shape index (κ1) is 27.9. The molecule has 0 aliphatic carbocycles. The fourth-order valence-corrected chi connectivity index (χ4v) is 3.05. The molecule has 0 radical (unpaired) electrons. The summed E-state index contributed by atoms with van der Waals surface area (Å²) in [6.07, 6.45) is -0.883. The third kappa shape index (κ3) is 9.09. The minimum absolute atomic E-state index is 0.0167. The number of aliphatic hydroxyl groups excluding tert-OH is 1.